The Balaban J connectivity index is 1.35. The average molecular weight is 391 g/mol. The van der Waals surface area contributed by atoms with Gasteiger partial charge < -0.3 is 14.2 Å². The van der Waals surface area contributed by atoms with E-state index in [0.717, 1.165) is 38.6 Å². The fourth-order valence-corrected chi connectivity index (χ4v) is 4.31. The first-order chi connectivity index (χ1) is 13.5. The summed E-state index contributed by atoms with van der Waals surface area (Å²) in [5, 5.41) is 0. The minimum atomic E-state index is -0.337. The number of morpholine rings is 1. The Morgan fingerprint density at radius 1 is 1.14 bits per heavy atom. The van der Waals surface area contributed by atoms with Crippen molar-refractivity contribution in [2.75, 3.05) is 53.0 Å². The number of likely N-dealkylation sites (tertiary alicyclic amines) is 1. The van der Waals surface area contributed by atoms with Gasteiger partial charge in [-0.1, -0.05) is 6.07 Å². The Kier molecular flexibility index (Phi) is 7.71. The van der Waals surface area contributed by atoms with Crippen molar-refractivity contribution >= 4 is 5.97 Å². The van der Waals surface area contributed by atoms with E-state index in [4.69, 9.17) is 14.2 Å². The maximum absolute atomic E-state index is 11.6. The molecule has 6 nitrogen and oxygen atoms in total. The zero-order valence-electron chi connectivity index (χ0n) is 17.4. The number of hydrogen-bond donors (Lipinski definition) is 0. The number of methoxy groups -OCH3 is 1. The molecule has 0 aliphatic carbocycles. The second-order valence-corrected chi connectivity index (χ2v) is 8.13. The van der Waals surface area contributed by atoms with Gasteiger partial charge in [-0.05, 0) is 63.9 Å². The molecule has 2 heterocycles. The van der Waals surface area contributed by atoms with Gasteiger partial charge in [-0.15, -0.1) is 0 Å². The van der Waals surface area contributed by atoms with Crippen LogP contribution in [0.15, 0.2) is 24.3 Å². The molecule has 2 unspecified atom stereocenters. The van der Waals surface area contributed by atoms with Crippen LogP contribution in [0.5, 0.6) is 5.75 Å². The second-order valence-electron chi connectivity index (χ2n) is 8.13. The number of piperidine rings is 1. The summed E-state index contributed by atoms with van der Waals surface area (Å²) in [6.07, 6.45) is 3.19. The van der Waals surface area contributed by atoms with Crippen molar-refractivity contribution in [3.63, 3.8) is 0 Å². The van der Waals surface area contributed by atoms with Crippen LogP contribution in [0, 0.1) is 5.92 Å². The predicted octanol–water partition coefficient (Wildman–Crippen LogP) is 2.67. The normalized spacial score (nSPS) is 24.8. The smallest absolute Gasteiger partial charge is 0.337 e. The third-order valence-electron chi connectivity index (χ3n) is 5.65. The number of carbonyl (C=O) groups is 1. The van der Waals surface area contributed by atoms with E-state index in [2.05, 4.69) is 23.6 Å². The summed E-state index contributed by atoms with van der Waals surface area (Å²) in [6.45, 7) is 11.5. The molecular weight excluding hydrogens is 356 g/mol. The quantitative estimate of drug-likeness (QED) is 0.667. The molecule has 1 aromatic carbocycles. The summed E-state index contributed by atoms with van der Waals surface area (Å²) in [7, 11) is 1.39. The van der Waals surface area contributed by atoms with Crippen molar-refractivity contribution in [3.8, 4) is 5.75 Å². The molecule has 3 rings (SSSR count). The predicted molar refractivity (Wildman–Crippen MR) is 109 cm³/mol. The Hall–Kier alpha value is -1.63. The van der Waals surface area contributed by atoms with Crippen LogP contribution in [0.2, 0.25) is 0 Å². The number of carbonyl (C=O) groups excluding carboxylic acids is 1. The van der Waals surface area contributed by atoms with Crippen molar-refractivity contribution in [1.82, 2.24) is 9.80 Å². The molecule has 2 atom stereocenters. The maximum atomic E-state index is 11.6. The minimum absolute atomic E-state index is 0.337. The van der Waals surface area contributed by atoms with Gasteiger partial charge in [-0.25, -0.2) is 4.79 Å². The number of nitrogens with zero attached hydrogens (tertiary/aromatic N) is 2. The van der Waals surface area contributed by atoms with Crippen molar-refractivity contribution in [1.29, 1.82) is 0 Å². The lowest BCUT2D eigenvalue weighted by atomic mass is 9.95. The van der Waals surface area contributed by atoms with Crippen molar-refractivity contribution in [3.05, 3.63) is 29.8 Å². The van der Waals surface area contributed by atoms with Crippen LogP contribution in [-0.4, -0.2) is 81.0 Å². The summed E-state index contributed by atoms with van der Waals surface area (Å²) in [6, 6.07) is 7.17. The first kappa shape index (κ1) is 21.1. The highest BCUT2D eigenvalue weighted by atomic mass is 16.5. The summed E-state index contributed by atoms with van der Waals surface area (Å²) in [5.74, 6) is 1.16. The van der Waals surface area contributed by atoms with Gasteiger partial charge in [0.2, 0.25) is 0 Å². The fraction of sp³-hybridized carbons (Fsp3) is 0.682. The molecule has 0 radical (unpaired) electrons. The molecule has 0 aromatic heterocycles. The average Bonchev–Trinajstić information content (AvgIpc) is 2.68. The van der Waals surface area contributed by atoms with Gasteiger partial charge >= 0.3 is 5.97 Å². The molecule has 2 aliphatic heterocycles. The van der Waals surface area contributed by atoms with E-state index in [-0.39, 0.29) is 5.97 Å². The SMILES string of the molecule is COC(=O)c1cccc(OCCN2CCC(CN3CC(C)OC(C)C3)CC2)c1. The first-order valence-corrected chi connectivity index (χ1v) is 10.4. The minimum Gasteiger partial charge on any atom is -0.492 e. The Labute approximate surface area is 168 Å². The molecule has 2 aliphatic rings. The van der Waals surface area contributed by atoms with Crippen LogP contribution in [-0.2, 0) is 9.47 Å². The summed E-state index contributed by atoms with van der Waals surface area (Å²) >= 11 is 0. The monoisotopic (exact) mass is 390 g/mol. The molecule has 0 amide bonds. The summed E-state index contributed by atoms with van der Waals surface area (Å²) in [4.78, 5) is 16.7. The number of rotatable bonds is 7. The molecular formula is C22H34N2O4. The Bertz CT molecular complexity index is 621. The van der Waals surface area contributed by atoms with Crippen LogP contribution in [0.25, 0.3) is 0 Å². The van der Waals surface area contributed by atoms with Gasteiger partial charge in [0.15, 0.2) is 0 Å². The van der Waals surface area contributed by atoms with Crippen molar-refractivity contribution < 1.29 is 19.0 Å². The molecule has 0 bridgehead atoms. The van der Waals surface area contributed by atoms with E-state index >= 15 is 0 Å². The van der Waals surface area contributed by atoms with E-state index in [1.54, 1.807) is 12.1 Å². The van der Waals surface area contributed by atoms with Gasteiger partial charge in [0.05, 0.1) is 24.9 Å². The van der Waals surface area contributed by atoms with Crippen LogP contribution >= 0.6 is 0 Å². The van der Waals surface area contributed by atoms with E-state index in [1.807, 2.05) is 12.1 Å². The van der Waals surface area contributed by atoms with Crippen LogP contribution in [0.4, 0.5) is 0 Å². The highest BCUT2D eigenvalue weighted by Crippen LogP contribution is 2.21. The molecule has 1 aromatic rings. The van der Waals surface area contributed by atoms with Crippen LogP contribution in [0.3, 0.4) is 0 Å². The molecule has 0 spiro atoms. The molecule has 6 heteroatoms. The van der Waals surface area contributed by atoms with Crippen LogP contribution in [0.1, 0.15) is 37.0 Å². The zero-order valence-corrected chi connectivity index (χ0v) is 17.4. The Morgan fingerprint density at radius 3 is 2.54 bits per heavy atom. The third kappa shape index (κ3) is 6.19. The Morgan fingerprint density at radius 2 is 1.86 bits per heavy atom. The maximum Gasteiger partial charge on any atom is 0.337 e. The van der Waals surface area contributed by atoms with Crippen molar-refractivity contribution in [2.45, 2.75) is 38.9 Å². The highest BCUT2D eigenvalue weighted by molar-refractivity contribution is 5.89. The lowest BCUT2D eigenvalue weighted by Crippen LogP contribution is -2.48. The molecule has 28 heavy (non-hydrogen) atoms. The van der Waals surface area contributed by atoms with E-state index in [0.29, 0.717) is 30.1 Å². The number of ether oxygens (including phenoxy) is 3. The topological polar surface area (TPSA) is 51.2 Å². The van der Waals surface area contributed by atoms with Gasteiger partial charge in [0.1, 0.15) is 12.4 Å². The first-order valence-electron chi connectivity index (χ1n) is 10.4. The lowest BCUT2D eigenvalue weighted by Gasteiger charge is -2.39. The van der Waals surface area contributed by atoms with Gasteiger partial charge in [-0.3, -0.25) is 9.80 Å². The largest absolute Gasteiger partial charge is 0.492 e. The van der Waals surface area contributed by atoms with Gasteiger partial charge in [0, 0.05) is 26.2 Å². The number of benzene rings is 1. The fourth-order valence-electron chi connectivity index (χ4n) is 4.31. The van der Waals surface area contributed by atoms with Crippen molar-refractivity contribution in [2.24, 2.45) is 5.92 Å². The third-order valence-corrected chi connectivity index (χ3v) is 5.65. The summed E-state index contributed by atoms with van der Waals surface area (Å²) < 4.78 is 16.4. The number of hydrogen-bond acceptors (Lipinski definition) is 6. The van der Waals surface area contributed by atoms with E-state index in [9.17, 15) is 4.79 Å². The van der Waals surface area contributed by atoms with Gasteiger partial charge in [-0.2, -0.15) is 0 Å². The molecule has 2 saturated heterocycles. The molecule has 156 valence electrons. The lowest BCUT2D eigenvalue weighted by molar-refractivity contribution is -0.0732. The van der Waals surface area contributed by atoms with Crippen LogP contribution < -0.4 is 4.74 Å². The van der Waals surface area contributed by atoms with E-state index in [1.165, 1.54) is 26.5 Å². The standard InChI is InChI=1S/C22H34N2O4/c1-17-14-24(15-18(2)28-17)16-19-7-9-23(10-8-19)11-12-27-21-6-4-5-20(13-21)22(25)26-3/h4-6,13,17-19H,7-12,14-16H2,1-3H3. The number of esters is 1. The van der Waals surface area contributed by atoms with Gasteiger partial charge in [0.25, 0.3) is 0 Å². The van der Waals surface area contributed by atoms with E-state index < -0.39 is 0 Å². The zero-order chi connectivity index (χ0) is 19.9. The second kappa shape index (κ2) is 10.2. The molecule has 0 saturated carbocycles. The highest BCUT2D eigenvalue weighted by Gasteiger charge is 2.26. The summed E-state index contributed by atoms with van der Waals surface area (Å²) in [5.41, 5.74) is 0.521. The molecule has 0 N–H and O–H groups in total. The molecule has 2 fully saturated rings.